The van der Waals surface area contributed by atoms with Gasteiger partial charge in [-0.25, -0.2) is 0 Å². The fourth-order valence-corrected chi connectivity index (χ4v) is 3.78. The molecule has 30 heavy (non-hydrogen) atoms. The van der Waals surface area contributed by atoms with E-state index in [0.717, 1.165) is 22.3 Å². The van der Waals surface area contributed by atoms with Crippen molar-refractivity contribution < 1.29 is 9.59 Å². The van der Waals surface area contributed by atoms with Crippen LogP contribution in [0.1, 0.15) is 21.5 Å². The molecule has 0 atom stereocenters. The van der Waals surface area contributed by atoms with E-state index in [-0.39, 0.29) is 11.8 Å². The van der Waals surface area contributed by atoms with Crippen LogP contribution in [0.25, 0.3) is 11.0 Å². The van der Waals surface area contributed by atoms with Crippen molar-refractivity contribution in [2.24, 2.45) is 0 Å². The number of carbonyl (C=O) groups is 2. The number of para-hydroxylation sites is 1. The first kappa shape index (κ1) is 20.0. The Bertz CT molecular complexity index is 1070. The van der Waals surface area contributed by atoms with Crippen molar-refractivity contribution >= 4 is 28.5 Å². The Morgan fingerprint density at radius 1 is 0.933 bits per heavy atom. The third-order valence-electron chi connectivity index (χ3n) is 5.49. The number of fused-ring (bicyclic) bond motifs is 1. The molecule has 0 radical (unpaired) electrons. The molecule has 2 heterocycles. The summed E-state index contributed by atoms with van der Waals surface area (Å²) in [6.45, 7) is 6.82. The van der Waals surface area contributed by atoms with E-state index >= 15 is 0 Å². The summed E-state index contributed by atoms with van der Waals surface area (Å²) in [4.78, 5) is 37.8. The summed E-state index contributed by atoms with van der Waals surface area (Å²) in [6, 6.07) is 11.4. The van der Waals surface area contributed by atoms with Crippen molar-refractivity contribution in [2.75, 3.05) is 38.0 Å². The molecule has 1 aliphatic rings. The van der Waals surface area contributed by atoms with E-state index in [1.807, 2.05) is 43.0 Å². The Hall–Kier alpha value is -3.32. The maximum Gasteiger partial charge on any atom is 0.254 e. The van der Waals surface area contributed by atoms with Gasteiger partial charge >= 0.3 is 0 Å². The van der Waals surface area contributed by atoms with Gasteiger partial charge in [0.05, 0.1) is 17.6 Å². The monoisotopic (exact) mass is 403 g/mol. The SMILES string of the molecule is Cc1cccc(C)c1NC(=O)CN1CCN(C(=O)c2ccc3nccnc3c2)CC1. The van der Waals surface area contributed by atoms with Gasteiger partial charge in [0.1, 0.15) is 0 Å². The van der Waals surface area contributed by atoms with Crippen LogP contribution in [0, 0.1) is 13.8 Å². The molecule has 1 aliphatic heterocycles. The van der Waals surface area contributed by atoms with Gasteiger partial charge in [-0.3, -0.25) is 24.5 Å². The molecular formula is C23H25N5O2. The Balaban J connectivity index is 1.33. The van der Waals surface area contributed by atoms with Crippen molar-refractivity contribution in [2.45, 2.75) is 13.8 Å². The number of nitrogens with zero attached hydrogens (tertiary/aromatic N) is 4. The van der Waals surface area contributed by atoms with Crippen molar-refractivity contribution in [3.05, 3.63) is 65.5 Å². The number of aromatic nitrogens is 2. The molecule has 0 aliphatic carbocycles. The number of benzene rings is 2. The van der Waals surface area contributed by atoms with Gasteiger partial charge in [-0.15, -0.1) is 0 Å². The van der Waals surface area contributed by atoms with Crippen LogP contribution in [0.5, 0.6) is 0 Å². The normalized spacial score (nSPS) is 14.7. The summed E-state index contributed by atoms with van der Waals surface area (Å²) in [7, 11) is 0. The fraction of sp³-hybridized carbons (Fsp3) is 0.304. The predicted molar refractivity (Wildman–Crippen MR) is 116 cm³/mol. The van der Waals surface area contributed by atoms with E-state index in [1.54, 1.807) is 24.5 Å². The van der Waals surface area contributed by atoms with Gasteiger partial charge in [0, 0.05) is 49.8 Å². The van der Waals surface area contributed by atoms with Gasteiger partial charge in [0.15, 0.2) is 0 Å². The van der Waals surface area contributed by atoms with Gasteiger partial charge in [0.25, 0.3) is 5.91 Å². The van der Waals surface area contributed by atoms with Crippen LogP contribution in [0.2, 0.25) is 0 Å². The lowest BCUT2D eigenvalue weighted by Gasteiger charge is -2.34. The number of piperazine rings is 1. The smallest absolute Gasteiger partial charge is 0.254 e. The highest BCUT2D eigenvalue weighted by molar-refractivity contribution is 5.97. The molecular weight excluding hydrogens is 378 g/mol. The summed E-state index contributed by atoms with van der Waals surface area (Å²) in [5.41, 5.74) is 5.09. The van der Waals surface area contributed by atoms with Crippen molar-refractivity contribution in [3.8, 4) is 0 Å². The van der Waals surface area contributed by atoms with Crippen molar-refractivity contribution in [1.82, 2.24) is 19.8 Å². The molecule has 0 spiro atoms. The second-order valence-electron chi connectivity index (χ2n) is 7.64. The van der Waals surface area contributed by atoms with Crippen LogP contribution < -0.4 is 5.32 Å². The Morgan fingerprint density at radius 3 is 2.30 bits per heavy atom. The molecule has 1 fully saturated rings. The van der Waals surface area contributed by atoms with Gasteiger partial charge in [-0.05, 0) is 43.2 Å². The number of amides is 2. The van der Waals surface area contributed by atoms with Crippen LogP contribution in [0.15, 0.2) is 48.8 Å². The minimum absolute atomic E-state index is 0.0119. The van der Waals surface area contributed by atoms with E-state index in [0.29, 0.717) is 43.8 Å². The lowest BCUT2D eigenvalue weighted by atomic mass is 10.1. The molecule has 1 saturated heterocycles. The molecule has 0 unspecified atom stereocenters. The van der Waals surface area contributed by atoms with Crippen LogP contribution in [0.4, 0.5) is 5.69 Å². The van der Waals surface area contributed by atoms with Crippen molar-refractivity contribution in [1.29, 1.82) is 0 Å². The van der Waals surface area contributed by atoms with E-state index in [9.17, 15) is 9.59 Å². The second kappa shape index (κ2) is 8.59. The topological polar surface area (TPSA) is 78.4 Å². The summed E-state index contributed by atoms with van der Waals surface area (Å²) < 4.78 is 0. The third kappa shape index (κ3) is 4.31. The summed E-state index contributed by atoms with van der Waals surface area (Å²) in [6.07, 6.45) is 3.26. The summed E-state index contributed by atoms with van der Waals surface area (Å²) >= 11 is 0. The van der Waals surface area contributed by atoms with Gasteiger partial charge in [-0.2, -0.15) is 0 Å². The van der Waals surface area contributed by atoms with Crippen LogP contribution in [-0.2, 0) is 4.79 Å². The number of hydrogen-bond acceptors (Lipinski definition) is 5. The maximum absolute atomic E-state index is 12.9. The highest BCUT2D eigenvalue weighted by Crippen LogP contribution is 2.19. The Kier molecular flexibility index (Phi) is 5.72. The lowest BCUT2D eigenvalue weighted by Crippen LogP contribution is -2.50. The molecule has 2 aromatic carbocycles. The highest BCUT2D eigenvalue weighted by Gasteiger charge is 2.24. The molecule has 3 aromatic rings. The average Bonchev–Trinajstić information content (AvgIpc) is 2.76. The number of nitrogens with one attached hydrogen (secondary N) is 1. The number of hydrogen-bond donors (Lipinski definition) is 1. The van der Waals surface area contributed by atoms with E-state index < -0.39 is 0 Å². The number of carbonyl (C=O) groups excluding carboxylic acids is 2. The van der Waals surface area contributed by atoms with Gasteiger partial charge < -0.3 is 10.2 Å². The second-order valence-corrected chi connectivity index (χ2v) is 7.64. The fourth-order valence-electron chi connectivity index (χ4n) is 3.78. The maximum atomic E-state index is 12.9. The van der Waals surface area contributed by atoms with E-state index in [2.05, 4.69) is 20.2 Å². The Labute approximate surface area is 175 Å². The zero-order valence-electron chi connectivity index (χ0n) is 17.3. The van der Waals surface area contributed by atoms with E-state index in [4.69, 9.17) is 0 Å². The number of aryl methyl sites for hydroxylation is 2. The highest BCUT2D eigenvalue weighted by atomic mass is 16.2. The molecule has 4 rings (SSSR count). The molecule has 7 heteroatoms. The van der Waals surface area contributed by atoms with Crippen molar-refractivity contribution in [3.63, 3.8) is 0 Å². The minimum Gasteiger partial charge on any atom is -0.336 e. The first-order chi connectivity index (χ1) is 14.5. The summed E-state index contributed by atoms with van der Waals surface area (Å²) in [5.74, 6) is -0.0394. The minimum atomic E-state index is -0.0275. The number of anilines is 1. The quantitative estimate of drug-likeness (QED) is 0.725. The van der Waals surface area contributed by atoms with Crippen LogP contribution in [-0.4, -0.2) is 64.3 Å². The molecule has 0 bridgehead atoms. The van der Waals surface area contributed by atoms with E-state index in [1.165, 1.54) is 0 Å². The molecule has 7 nitrogen and oxygen atoms in total. The van der Waals surface area contributed by atoms with Gasteiger partial charge in [0.2, 0.25) is 5.91 Å². The third-order valence-corrected chi connectivity index (χ3v) is 5.49. The van der Waals surface area contributed by atoms with Crippen LogP contribution >= 0.6 is 0 Å². The molecule has 154 valence electrons. The zero-order chi connectivity index (χ0) is 21.1. The number of rotatable bonds is 4. The largest absolute Gasteiger partial charge is 0.336 e. The predicted octanol–water partition coefficient (Wildman–Crippen LogP) is 2.64. The molecule has 1 aromatic heterocycles. The summed E-state index contributed by atoms with van der Waals surface area (Å²) in [5, 5.41) is 3.03. The lowest BCUT2D eigenvalue weighted by molar-refractivity contribution is -0.117. The zero-order valence-corrected chi connectivity index (χ0v) is 17.3. The molecule has 1 N–H and O–H groups in total. The molecule has 2 amide bonds. The Morgan fingerprint density at radius 2 is 1.60 bits per heavy atom. The van der Waals surface area contributed by atoms with Crippen LogP contribution in [0.3, 0.4) is 0 Å². The first-order valence-corrected chi connectivity index (χ1v) is 10.1. The standard InChI is InChI=1S/C23H25N5O2/c1-16-4-3-5-17(2)22(16)26-21(29)15-27-10-12-28(13-11-27)23(30)18-6-7-19-20(14-18)25-9-8-24-19/h3-9,14H,10-13,15H2,1-2H3,(H,26,29). The molecule has 0 saturated carbocycles. The first-order valence-electron chi connectivity index (χ1n) is 10.1. The van der Waals surface area contributed by atoms with Gasteiger partial charge in [-0.1, -0.05) is 18.2 Å². The average molecular weight is 403 g/mol.